The van der Waals surface area contributed by atoms with E-state index in [1.54, 1.807) is 19.0 Å². The maximum Gasteiger partial charge on any atom is 0.318 e. The van der Waals surface area contributed by atoms with Crippen molar-refractivity contribution in [2.45, 2.75) is 37.6 Å². The highest BCUT2D eigenvalue weighted by atomic mass is 16.2. The molecule has 2 rings (SSSR count). The van der Waals surface area contributed by atoms with Gasteiger partial charge in [0.1, 0.15) is 6.04 Å². The fourth-order valence-electron chi connectivity index (χ4n) is 3.20. The van der Waals surface area contributed by atoms with E-state index in [-0.39, 0.29) is 11.9 Å². The van der Waals surface area contributed by atoms with Gasteiger partial charge in [-0.3, -0.25) is 4.79 Å². The highest BCUT2D eigenvalue weighted by Crippen LogP contribution is 2.34. The first-order valence-electron chi connectivity index (χ1n) is 8.67. The summed E-state index contributed by atoms with van der Waals surface area (Å²) >= 11 is 0. The van der Waals surface area contributed by atoms with Crippen LogP contribution < -0.4 is 5.32 Å². The minimum Gasteiger partial charge on any atom is -0.347 e. The number of amides is 3. The lowest BCUT2D eigenvalue weighted by molar-refractivity contribution is -0.130. The molecular formula is C19H26N4O2. The van der Waals surface area contributed by atoms with Crippen LogP contribution in [-0.2, 0) is 10.2 Å². The van der Waals surface area contributed by atoms with Crippen molar-refractivity contribution in [3.05, 3.63) is 35.9 Å². The van der Waals surface area contributed by atoms with Gasteiger partial charge in [-0.2, -0.15) is 5.26 Å². The monoisotopic (exact) mass is 342 g/mol. The topological polar surface area (TPSA) is 76.4 Å². The van der Waals surface area contributed by atoms with E-state index in [0.29, 0.717) is 32.4 Å². The van der Waals surface area contributed by atoms with Crippen LogP contribution in [-0.4, -0.2) is 55.0 Å². The summed E-state index contributed by atoms with van der Waals surface area (Å²) in [5.41, 5.74) is 0.466. The molecule has 1 aliphatic rings. The van der Waals surface area contributed by atoms with Gasteiger partial charge in [-0.15, -0.1) is 0 Å². The van der Waals surface area contributed by atoms with Gasteiger partial charge in [0.05, 0.1) is 11.5 Å². The molecule has 0 radical (unpaired) electrons. The number of carbonyl (C=O) groups is 2. The van der Waals surface area contributed by atoms with Crippen molar-refractivity contribution in [2.24, 2.45) is 0 Å². The summed E-state index contributed by atoms with van der Waals surface area (Å²) in [5.74, 6) is -0.108. The molecule has 6 nitrogen and oxygen atoms in total. The standard InChI is InChI=1S/C19H26N4O2/c1-4-16(17(24)22(2)3)21-18(25)23-12-10-19(14-20,11-13-23)15-8-6-5-7-9-15/h5-9,16H,4,10-13H2,1-3H3,(H,21,25)/t16-/m0/s1. The zero-order valence-corrected chi connectivity index (χ0v) is 15.2. The Morgan fingerprint density at radius 1 is 1.28 bits per heavy atom. The molecule has 3 amide bonds. The Kier molecular flexibility index (Phi) is 6.02. The van der Waals surface area contributed by atoms with Crippen molar-refractivity contribution in [3.63, 3.8) is 0 Å². The van der Waals surface area contributed by atoms with Crippen LogP contribution in [0.15, 0.2) is 30.3 Å². The molecule has 1 aromatic rings. The maximum atomic E-state index is 12.5. The van der Waals surface area contributed by atoms with Crippen LogP contribution in [0.1, 0.15) is 31.7 Å². The van der Waals surface area contributed by atoms with Gasteiger partial charge in [-0.25, -0.2) is 4.79 Å². The van der Waals surface area contributed by atoms with Gasteiger partial charge >= 0.3 is 6.03 Å². The highest BCUT2D eigenvalue weighted by Gasteiger charge is 2.38. The number of urea groups is 1. The second-order valence-corrected chi connectivity index (χ2v) is 6.69. The molecule has 6 heteroatoms. The Morgan fingerprint density at radius 2 is 1.88 bits per heavy atom. The SMILES string of the molecule is CC[C@H](NC(=O)N1CCC(C#N)(c2ccccc2)CC1)C(=O)N(C)C. The van der Waals surface area contributed by atoms with Gasteiger partial charge in [-0.05, 0) is 24.8 Å². The molecule has 0 bridgehead atoms. The number of hydrogen-bond acceptors (Lipinski definition) is 3. The molecule has 1 aromatic carbocycles. The normalized spacial score (nSPS) is 17.3. The summed E-state index contributed by atoms with van der Waals surface area (Å²) in [6.45, 7) is 2.88. The van der Waals surface area contributed by atoms with Crippen molar-refractivity contribution in [1.29, 1.82) is 5.26 Å². The van der Waals surface area contributed by atoms with E-state index < -0.39 is 11.5 Å². The quantitative estimate of drug-likeness (QED) is 0.910. The second-order valence-electron chi connectivity index (χ2n) is 6.69. The number of likely N-dealkylation sites (N-methyl/N-ethyl adjacent to an activating group) is 1. The molecule has 25 heavy (non-hydrogen) atoms. The largest absolute Gasteiger partial charge is 0.347 e. The summed E-state index contributed by atoms with van der Waals surface area (Å²) < 4.78 is 0. The molecule has 1 aliphatic heterocycles. The molecule has 0 saturated carbocycles. The zero-order valence-electron chi connectivity index (χ0n) is 15.2. The Bertz CT molecular complexity index is 643. The van der Waals surface area contributed by atoms with Crippen molar-refractivity contribution in [2.75, 3.05) is 27.2 Å². The number of nitrogens with one attached hydrogen (secondary N) is 1. The van der Waals surface area contributed by atoms with Crippen LogP contribution in [0, 0.1) is 11.3 Å². The molecule has 0 unspecified atom stereocenters. The number of carbonyl (C=O) groups excluding carboxylic acids is 2. The second kappa shape index (κ2) is 8.02. The van der Waals surface area contributed by atoms with E-state index in [4.69, 9.17) is 0 Å². The summed E-state index contributed by atoms with van der Waals surface area (Å²) in [6.07, 6.45) is 1.74. The van der Waals surface area contributed by atoms with Gasteiger partial charge in [0, 0.05) is 27.2 Å². The van der Waals surface area contributed by atoms with Crippen molar-refractivity contribution in [1.82, 2.24) is 15.1 Å². The maximum absolute atomic E-state index is 12.5. The molecule has 1 fully saturated rings. The molecule has 1 N–H and O–H groups in total. The fraction of sp³-hybridized carbons (Fsp3) is 0.526. The number of likely N-dealkylation sites (tertiary alicyclic amines) is 1. The van der Waals surface area contributed by atoms with E-state index in [1.807, 2.05) is 37.3 Å². The van der Waals surface area contributed by atoms with Gasteiger partial charge in [0.2, 0.25) is 5.91 Å². The summed E-state index contributed by atoms with van der Waals surface area (Å²) in [5, 5.41) is 12.5. The van der Waals surface area contributed by atoms with Crippen LogP contribution in [0.2, 0.25) is 0 Å². The molecular weight excluding hydrogens is 316 g/mol. The Balaban J connectivity index is 2.00. The zero-order chi connectivity index (χ0) is 18.4. The minimum atomic E-state index is -0.540. The average molecular weight is 342 g/mol. The lowest BCUT2D eigenvalue weighted by Crippen LogP contribution is -2.53. The van der Waals surface area contributed by atoms with Gasteiger partial charge in [0.15, 0.2) is 0 Å². The van der Waals surface area contributed by atoms with Gasteiger partial charge < -0.3 is 15.1 Å². The third kappa shape index (κ3) is 4.11. The number of benzene rings is 1. The van der Waals surface area contributed by atoms with Gasteiger partial charge in [-0.1, -0.05) is 37.3 Å². The molecule has 0 aliphatic carbocycles. The molecule has 1 saturated heterocycles. The third-order valence-corrected chi connectivity index (χ3v) is 4.89. The highest BCUT2D eigenvalue weighted by molar-refractivity contribution is 5.86. The first-order valence-corrected chi connectivity index (χ1v) is 8.67. The van der Waals surface area contributed by atoms with Crippen molar-refractivity contribution >= 4 is 11.9 Å². The van der Waals surface area contributed by atoms with Crippen LogP contribution >= 0.6 is 0 Å². The first kappa shape index (κ1) is 18.8. The van der Waals surface area contributed by atoms with E-state index in [9.17, 15) is 14.9 Å². The summed E-state index contributed by atoms with van der Waals surface area (Å²) in [4.78, 5) is 27.8. The van der Waals surface area contributed by atoms with Crippen molar-refractivity contribution in [3.8, 4) is 6.07 Å². The Hall–Kier alpha value is -2.55. The van der Waals surface area contributed by atoms with Crippen LogP contribution in [0.4, 0.5) is 4.79 Å². The molecule has 134 valence electrons. The fourth-order valence-corrected chi connectivity index (χ4v) is 3.20. The summed E-state index contributed by atoms with van der Waals surface area (Å²) in [7, 11) is 3.36. The number of hydrogen-bond donors (Lipinski definition) is 1. The van der Waals surface area contributed by atoms with Gasteiger partial charge in [0.25, 0.3) is 0 Å². The van der Waals surface area contributed by atoms with Crippen LogP contribution in [0.3, 0.4) is 0 Å². The lowest BCUT2D eigenvalue weighted by Gasteiger charge is -2.38. The lowest BCUT2D eigenvalue weighted by atomic mass is 9.74. The smallest absolute Gasteiger partial charge is 0.318 e. The Labute approximate surface area is 149 Å². The van der Waals surface area contributed by atoms with Crippen LogP contribution in [0.25, 0.3) is 0 Å². The Morgan fingerprint density at radius 3 is 2.36 bits per heavy atom. The number of nitriles is 1. The molecule has 1 heterocycles. The number of rotatable bonds is 4. The minimum absolute atomic E-state index is 0.108. The third-order valence-electron chi connectivity index (χ3n) is 4.89. The van der Waals surface area contributed by atoms with Crippen LogP contribution in [0.5, 0.6) is 0 Å². The molecule has 1 atom stereocenters. The van der Waals surface area contributed by atoms with E-state index in [1.165, 1.54) is 4.90 Å². The summed E-state index contributed by atoms with van der Waals surface area (Å²) in [6, 6.07) is 11.5. The molecule has 0 spiro atoms. The molecule has 0 aromatic heterocycles. The van der Waals surface area contributed by atoms with Crippen molar-refractivity contribution < 1.29 is 9.59 Å². The number of nitrogens with zero attached hydrogens (tertiary/aromatic N) is 3. The number of piperidine rings is 1. The van der Waals surface area contributed by atoms with E-state index in [0.717, 1.165) is 5.56 Å². The average Bonchev–Trinajstić information content (AvgIpc) is 2.66. The first-order chi connectivity index (χ1) is 11.9. The predicted molar refractivity (Wildman–Crippen MR) is 95.8 cm³/mol. The van der Waals surface area contributed by atoms with E-state index >= 15 is 0 Å². The van der Waals surface area contributed by atoms with E-state index in [2.05, 4.69) is 11.4 Å². The predicted octanol–water partition coefficient (Wildman–Crippen LogP) is 2.12.